The van der Waals surface area contributed by atoms with E-state index in [0.29, 0.717) is 12.4 Å². The van der Waals surface area contributed by atoms with Gasteiger partial charge in [-0.1, -0.05) is 0 Å². The summed E-state index contributed by atoms with van der Waals surface area (Å²) in [6, 6.07) is 2.22. The third-order valence-corrected chi connectivity index (χ3v) is 3.45. The maximum atomic E-state index is 8.36. The van der Waals surface area contributed by atoms with Crippen LogP contribution in [-0.4, -0.2) is 51.7 Å². The number of aromatic nitrogens is 4. The SMILES string of the molecule is COc1cnc(C)cc1-c1nc(C)nn1C1CCOC1.O=CO. The van der Waals surface area contributed by atoms with Gasteiger partial charge in [0.25, 0.3) is 6.47 Å². The molecule has 1 saturated heterocycles. The Balaban J connectivity index is 0.000000595. The Bertz CT molecular complexity index is 665. The van der Waals surface area contributed by atoms with Crippen LogP contribution >= 0.6 is 0 Å². The van der Waals surface area contributed by atoms with Crippen LogP contribution in [-0.2, 0) is 9.53 Å². The molecule has 2 aromatic rings. The van der Waals surface area contributed by atoms with Gasteiger partial charge in [-0.15, -0.1) is 0 Å². The van der Waals surface area contributed by atoms with E-state index >= 15 is 0 Å². The lowest BCUT2D eigenvalue weighted by Crippen LogP contribution is -2.12. The van der Waals surface area contributed by atoms with Crippen LogP contribution in [0.2, 0.25) is 0 Å². The number of nitrogens with zero attached hydrogens (tertiary/aromatic N) is 4. The highest BCUT2D eigenvalue weighted by Gasteiger charge is 2.24. The number of hydrogen-bond acceptors (Lipinski definition) is 6. The molecule has 1 atom stereocenters. The van der Waals surface area contributed by atoms with Gasteiger partial charge in [0, 0.05) is 12.3 Å². The largest absolute Gasteiger partial charge is 0.494 e. The van der Waals surface area contributed by atoms with Crippen molar-refractivity contribution in [3.63, 3.8) is 0 Å². The molecule has 1 fully saturated rings. The number of carboxylic acid groups (broad SMARTS) is 1. The third-order valence-electron chi connectivity index (χ3n) is 3.45. The second kappa shape index (κ2) is 7.68. The Morgan fingerprint density at radius 1 is 1.48 bits per heavy atom. The minimum atomic E-state index is -0.250. The molecule has 0 aromatic carbocycles. The zero-order chi connectivity index (χ0) is 16.8. The molecule has 1 N–H and O–H groups in total. The first-order valence-corrected chi connectivity index (χ1v) is 7.20. The van der Waals surface area contributed by atoms with Gasteiger partial charge in [-0.2, -0.15) is 5.10 Å². The van der Waals surface area contributed by atoms with Crippen molar-refractivity contribution in [3.8, 4) is 17.1 Å². The molecule has 2 aromatic heterocycles. The number of ether oxygens (including phenoxy) is 2. The number of aryl methyl sites for hydroxylation is 2. The average molecular weight is 320 g/mol. The Kier molecular flexibility index (Phi) is 5.64. The van der Waals surface area contributed by atoms with Crippen molar-refractivity contribution in [1.29, 1.82) is 0 Å². The van der Waals surface area contributed by atoms with Crippen LogP contribution in [0.15, 0.2) is 12.3 Å². The molecule has 1 unspecified atom stereocenters. The summed E-state index contributed by atoms with van der Waals surface area (Å²) in [6.45, 7) is 5.06. The Morgan fingerprint density at radius 2 is 2.22 bits per heavy atom. The van der Waals surface area contributed by atoms with Crippen molar-refractivity contribution in [2.75, 3.05) is 20.3 Å². The Hall–Kier alpha value is -2.48. The standard InChI is InChI=1S/C14H18N4O2.CH2O2/c1-9-6-12(13(19-3)7-15-9)14-16-10(2)17-18(14)11-4-5-20-8-11;2-1-3/h6-7,11H,4-5,8H2,1-3H3;1H,(H,2,3). The lowest BCUT2D eigenvalue weighted by Gasteiger charge is -2.13. The van der Waals surface area contributed by atoms with E-state index in [9.17, 15) is 0 Å². The zero-order valence-corrected chi connectivity index (χ0v) is 13.4. The molecule has 0 aliphatic carbocycles. The number of carbonyl (C=O) groups is 1. The summed E-state index contributed by atoms with van der Waals surface area (Å²) >= 11 is 0. The molecule has 1 aliphatic rings. The smallest absolute Gasteiger partial charge is 0.290 e. The van der Waals surface area contributed by atoms with E-state index < -0.39 is 0 Å². The third kappa shape index (κ3) is 3.84. The van der Waals surface area contributed by atoms with E-state index in [1.807, 2.05) is 24.6 Å². The second-order valence-electron chi connectivity index (χ2n) is 5.08. The van der Waals surface area contributed by atoms with Crippen molar-refractivity contribution in [2.24, 2.45) is 0 Å². The highest BCUT2D eigenvalue weighted by molar-refractivity contribution is 5.64. The number of hydrogen-bond donors (Lipinski definition) is 1. The van der Waals surface area contributed by atoms with Gasteiger partial charge >= 0.3 is 0 Å². The monoisotopic (exact) mass is 320 g/mol. The van der Waals surface area contributed by atoms with Crippen molar-refractivity contribution >= 4 is 6.47 Å². The van der Waals surface area contributed by atoms with Crippen LogP contribution < -0.4 is 4.74 Å². The fraction of sp³-hybridized carbons (Fsp3) is 0.467. The Morgan fingerprint density at radius 3 is 2.83 bits per heavy atom. The highest BCUT2D eigenvalue weighted by Crippen LogP contribution is 2.31. The van der Waals surface area contributed by atoms with Gasteiger partial charge in [0.05, 0.1) is 31.5 Å². The van der Waals surface area contributed by atoms with E-state index in [2.05, 4.69) is 15.1 Å². The van der Waals surface area contributed by atoms with Gasteiger partial charge in [0.1, 0.15) is 11.6 Å². The molecule has 8 nitrogen and oxygen atoms in total. The van der Waals surface area contributed by atoms with Crippen LogP contribution in [0.1, 0.15) is 24.0 Å². The maximum absolute atomic E-state index is 8.36. The minimum Gasteiger partial charge on any atom is -0.494 e. The summed E-state index contributed by atoms with van der Waals surface area (Å²) in [5, 5.41) is 11.4. The van der Waals surface area contributed by atoms with Gasteiger partial charge in [0.2, 0.25) is 0 Å². The molecule has 0 saturated carbocycles. The second-order valence-corrected chi connectivity index (χ2v) is 5.08. The summed E-state index contributed by atoms with van der Waals surface area (Å²) in [4.78, 5) is 17.2. The Labute approximate surface area is 134 Å². The highest BCUT2D eigenvalue weighted by atomic mass is 16.5. The number of rotatable bonds is 3. The van der Waals surface area contributed by atoms with Crippen LogP contribution in [0.4, 0.5) is 0 Å². The summed E-state index contributed by atoms with van der Waals surface area (Å²) in [5.41, 5.74) is 1.85. The molecule has 0 amide bonds. The van der Waals surface area contributed by atoms with Crippen molar-refractivity contribution in [2.45, 2.75) is 26.3 Å². The van der Waals surface area contributed by atoms with E-state index in [4.69, 9.17) is 19.4 Å². The fourth-order valence-corrected chi connectivity index (χ4v) is 2.47. The molecule has 0 bridgehead atoms. The van der Waals surface area contributed by atoms with Gasteiger partial charge in [-0.05, 0) is 26.3 Å². The fourth-order valence-electron chi connectivity index (χ4n) is 2.47. The summed E-state index contributed by atoms with van der Waals surface area (Å²) in [6.07, 6.45) is 2.69. The topological polar surface area (TPSA) is 99.4 Å². The zero-order valence-electron chi connectivity index (χ0n) is 13.4. The van der Waals surface area contributed by atoms with Gasteiger partial charge < -0.3 is 14.6 Å². The first-order chi connectivity index (χ1) is 11.1. The molecule has 8 heteroatoms. The predicted octanol–water partition coefficient (Wildman–Crippen LogP) is 1.63. The lowest BCUT2D eigenvalue weighted by molar-refractivity contribution is -0.122. The first-order valence-electron chi connectivity index (χ1n) is 7.20. The maximum Gasteiger partial charge on any atom is 0.290 e. The van der Waals surface area contributed by atoms with Crippen LogP contribution in [0.5, 0.6) is 5.75 Å². The quantitative estimate of drug-likeness (QED) is 0.858. The molecule has 124 valence electrons. The number of pyridine rings is 1. The molecule has 0 spiro atoms. The van der Waals surface area contributed by atoms with E-state index in [-0.39, 0.29) is 12.5 Å². The summed E-state index contributed by atoms with van der Waals surface area (Å²) < 4.78 is 12.8. The first kappa shape index (κ1) is 16.9. The minimum absolute atomic E-state index is 0.240. The molecule has 1 aliphatic heterocycles. The summed E-state index contributed by atoms with van der Waals surface area (Å²) in [5.74, 6) is 2.28. The molecule has 3 rings (SSSR count). The molecular weight excluding hydrogens is 300 g/mol. The molecular formula is C15H20N4O4. The van der Waals surface area contributed by atoms with Crippen molar-refractivity contribution in [1.82, 2.24) is 19.7 Å². The molecule has 0 radical (unpaired) electrons. The van der Waals surface area contributed by atoms with Crippen molar-refractivity contribution < 1.29 is 19.4 Å². The normalized spacial score (nSPS) is 16.6. The van der Waals surface area contributed by atoms with E-state index in [1.54, 1.807) is 13.3 Å². The van der Waals surface area contributed by atoms with Gasteiger partial charge in [0.15, 0.2) is 5.82 Å². The average Bonchev–Trinajstić information content (AvgIpc) is 3.17. The van der Waals surface area contributed by atoms with Crippen LogP contribution in [0.3, 0.4) is 0 Å². The number of methoxy groups -OCH3 is 1. The van der Waals surface area contributed by atoms with E-state index in [0.717, 1.165) is 35.9 Å². The van der Waals surface area contributed by atoms with Crippen molar-refractivity contribution in [3.05, 3.63) is 23.8 Å². The van der Waals surface area contributed by atoms with Crippen LogP contribution in [0, 0.1) is 13.8 Å². The molecule has 23 heavy (non-hydrogen) atoms. The summed E-state index contributed by atoms with van der Waals surface area (Å²) in [7, 11) is 1.64. The lowest BCUT2D eigenvalue weighted by atomic mass is 10.2. The van der Waals surface area contributed by atoms with Gasteiger partial charge in [-0.3, -0.25) is 9.78 Å². The molecule has 3 heterocycles. The van der Waals surface area contributed by atoms with Crippen LogP contribution in [0.25, 0.3) is 11.4 Å². The van der Waals surface area contributed by atoms with E-state index in [1.165, 1.54) is 0 Å². The predicted molar refractivity (Wildman–Crippen MR) is 82.4 cm³/mol. The van der Waals surface area contributed by atoms with Gasteiger partial charge in [-0.25, -0.2) is 9.67 Å².